The molecule has 0 aliphatic heterocycles. The fourth-order valence-electron chi connectivity index (χ4n) is 1.31. The lowest BCUT2D eigenvalue weighted by molar-refractivity contribution is 0.0527. The summed E-state index contributed by atoms with van der Waals surface area (Å²) in [5, 5.41) is 9.51. The first-order chi connectivity index (χ1) is 8.45. The lowest BCUT2D eigenvalue weighted by Gasteiger charge is -2.15. The van der Waals surface area contributed by atoms with Crippen LogP contribution in [-0.4, -0.2) is 29.0 Å². The molecule has 5 heteroatoms. The fraction of sp³-hybridized carbons (Fsp3) is 0.462. The summed E-state index contributed by atoms with van der Waals surface area (Å²) in [4.78, 5) is 12.6. The summed E-state index contributed by atoms with van der Waals surface area (Å²) in [5.74, 6) is -0.415. The summed E-state index contributed by atoms with van der Waals surface area (Å²) in [6.45, 7) is 5.74. The third-order valence-electron chi connectivity index (χ3n) is 2.52. The van der Waals surface area contributed by atoms with E-state index < -0.39 is 12.1 Å². The number of esters is 1. The Morgan fingerprint density at radius 2 is 2.17 bits per heavy atom. The summed E-state index contributed by atoms with van der Waals surface area (Å²) in [6, 6.07) is 5.22. The van der Waals surface area contributed by atoms with Crippen molar-refractivity contribution in [2.45, 2.75) is 37.0 Å². The zero-order valence-electron chi connectivity index (χ0n) is 10.8. The van der Waals surface area contributed by atoms with Crippen molar-refractivity contribution in [2.75, 3.05) is 12.3 Å². The quantitative estimate of drug-likeness (QED) is 0.487. The van der Waals surface area contributed by atoms with E-state index in [4.69, 9.17) is 10.5 Å². The van der Waals surface area contributed by atoms with Crippen LogP contribution in [0.25, 0.3) is 0 Å². The number of rotatable bonds is 5. The molecule has 100 valence electrons. The van der Waals surface area contributed by atoms with E-state index in [0.29, 0.717) is 17.9 Å². The molecule has 0 fully saturated rings. The smallest absolute Gasteiger partial charge is 0.340 e. The summed E-state index contributed by atoms with van der Waals surface area (Å²) < 4.78 is 4.94. The minimum Gasteiger partial charge on any atom is -0.462 e. The topological polar surface area (TPSA) is 72.5 Å². The molecule has 1 rings (SSSR count). The first-order valence-electron chi connectivity index (χ1n) is 5.87. The van der Waals surface area contributed by atoms with E-state index in [2.05, 4.69) is 0 Å². The average Bonchev–Trinajstić information content (AvgIpc) is 2.31. The molecule has 0 bridgehead atoms. The van der Waals surface area contributed by atoms with Gasteiger partial charge >= 0.3 is 5.97 Å². The zero-order valence-corrected chi connectivity index (χ0v) is 11.7. The molecule has 0 saturated carbocycles. The highest BCUT2D eigenvalue weighted by Crippen LogP contribution is 2.28. The summed E-state index contributed by atoms with van der Waals surface area (Å²) >= 11 is 1.50. The number of aliphatic hydroxyl groups is 1. The molecule has 0 aliphatic carbocycles. The molecule has 0 aliphatic rings. The van der Waals surface area contributed by atoms with Crippen LogP contribution in [0.15, 0.2) is 23.1 Å². The highest BCUT2D eigenvalue weighted by atomic mass is 32.2. The van der Waals surface area contributed by atoms with Crippen molar-refractivity contribution < 1.29 is 14.6 Å². The molecule has 18 heavy (non-hydrogen) atoms. The van der Waals surface area contributed by atoms with Crippen LogP contribution < -0.4 is 5.73 Å². The van der Waals surface area contributed by atoms with Crippen molar-refractivity contribution in [2.24, 2.45) is 0 Å². The highest BCUT2D eigenvalue weighted by Gasteiger charge is 2.15. The summed E-state index contributed by atoms with van der Waals surface area (Å²) in [7, 11) is 0. The van der Waals surface area contributed by atoms with Crippen molar-refractivity contribution in [3.63, 3.8) is 0 Å². The number of carbonyl (C=O) groups is 1. The van der Waals surface area contributed by atoms with Gasteiger partial charge in [0.1, 0.15) is 0 Å². The number of carbonyl (C=O) groups excluding carboxylic acids is 1. The lowest BCUT2D eigenvalue weighted by atomic mass is 10.2. The van der Waals surface area contributed by atoms with Crippen molar-refractivity contribution in [1.29, 1.82) is 0 Å². The lowest BCUT2D eigenvalue weighted by Crippen LogP contribution is -2.15. The number of anilines is 1. The van der Waals surface area contributed by atoms with E-state index in [1.54, 1.807) is 26.0 Å². The van der Waals surface area contributed by atoms with Gasteiger partial charge in [0, 0.05) is 15.8 Å². The monoisotopic (exact) mass is 269 g/mol. The van der Waals surface area contributed by atoms with E-state index in [1.165, 1.54) is 11.8 Å². The predicted molar refractivity (Wildman–Crippen MR) is 73.8 cm³/mol. The Bertz CT molecular complexity index is 421. The Kier molecular flexibility index (Phi) is 5.50. The number of thioether (sulfide) groups is 1. The number of nitrogens with two attached hydrogens (primary N) is 1. The molecule has 0 amide bonds. The molecule has 2 unspecified atom stereocenters. The summed E-state index contributed by atoms with van der Waals surface area (Å²) in [6.07, 6.45) is -0.418. The number of hydrogen-bond donors (Lipinski definition) is 2. The number of hydrogen-bond acceptors (Lipinski definition) is 5. The van der Waals surface area contributed by atoms with Crippen LogP contribution in [0.5, 0.6) is 0 Å². The van der Waals surface area contributed by atoms with Crippen LogP contribution in [0.4, 0.5) is 5.69 Å². The minimum atomic E-state index is -0.418. The van der Waals surface area contributed by atoms with Crippen LogP contribution in [0.1, 0.15) is 31.1 Å². The Labute approximate surface area is 112 Å². The van der Waals surface area contributed by atoms with Gasteiger partial charge < -0.3 is 15.6 Å². The maximum absolute atomic E-state index is 11.7. The third kappa shape index (κ3) is 3.92. The van der Waals surface area contributed by atoms with Gasteiger partial charge in [0.15, 0.2) is 0 Å². The Balaban J connectivity index is 2.90. The summed E-state index contributed by atoms with van der Waals surface area (Å²) in [5.41, 5.74) is 6.53. The number of ether oxygens (including phenoxy) is 1. The number of aliphatic hydroxyl groups excluding tert-OH is 1. The van der Waals surface area contributed by atoms with Gasteiger partial charge in [-0.25, -0.2) is 4.79 Å². The molecule has 0 heterocycles. The molecule has 3 N–H and O–H groups in total. The molecule has 0 aromatic heterocycles. The van der Waals surface area contributed by atoms with Crippen molar-refractivity contribution in [1.82, 2.24) is 0 Å². The van der Waals surface area contributed by atoms with Gasteiger partial charge in [0.25, 0.3) is 0 Å². The third-order valence-corrected chi connectivity index (χ3v) is 3.81. The Morgan fingerprint density at radius 1 is 1.50 bits per heavy atom. The maximum atomic E-state index is 11.7. The molecule has 2 atom stereocenters. The number of benzene rings is 1. The van der Waals surface area contributed by atoms with Gasteiger partial charge in [-0.15, -0.1) is 11.8 Å². The molecule has 0 spiro atoms. The van der Waals surface area contributed by atoms with Crippen LogP contribution in [0.2, 0.25) is 0 Å². The van der Waals surface area contributed by atoms with Gasteiger partial charge in [0.05, 0.1) is 18.3 Å². The number of nitrogen functional groups attached to an aromatic ring is 1. The molecule has 0 radical (unpaired) electrons. The molecular weight excluding hydrogens is 250 g/mol. The first kappa shape index (κ1) is 14.9. The van der Waals surface area contributed by atoms with E-state index >= 15 is 0 Å². The van der Waals surface area contributed by atoms with E-state index in [9.17, 15) is 9.90 Å². The SMILES string of the molecule is CCOC(=O)c1cc(SC(C)C(C)O)ccc1N. The van der Waals surface area contributed by atoms with E-state index in [0.717, 1.165) is 4.90 Å². The second kappa shape index (κ2) is 6.66. The van der Waals surface area contributed by atoms with Crippen LogP contribution in [-0.2, 0) is 4.74 Å². The second-order valence-electron chi connectivity index (χ2n) is 4.03. The highest BCUT2D eigenvalue weighted by molar-refractivity contribution is 8.00. The first-order valence-corrected chi connectivity index (χ1v) is 6.75. The van der Waals surface area contributed by atoms with Crippen molar-refractivity contribution >= 4 is 23.4 Å². The molecule has 1 aromatic rings. The van der Waals surface area contributed by atoms with Gasteiger partial charge in [0.2, 0.25) is 0 Å². The zero-order chi connectivity index (χ0) is 13.7. The predicted octanol–water partition coefficient (Wildman–Crippen LogP) is 2.31. The standard InChI is InChI=1S/C13H19NO3S/c1-4-17-13(16)11-7-10(5-6-12(11)14)18-9(3)8(2)15/h5-9,15H,4,14H2,1-3H3. The van der Waals surface area contributed by atoms with Gasteiger partial charge in [-0.05, 0) is 32.0 Å². The normalized spacial score (nSPS) is 14.0. The van der Waals surface area contributed by atoms with Crippen LogP contribution in [0, 0.1) is 0 Å². The largest absolute Gasteiger partial charge is 0.462 e. The van der Waals surface area contributed by atoms with Crippen molar-refractivity contribution in [3.8, 4) is 0 Å². The van der Waals surface area contributed by atoms with Gasteiger partial charge in [-0.2, -0.15) is 0 Å². The fourth-order valence-corrected chi connectivity index (χ4v) is 2.27. The Morgan fingerprint density at radius 3 is 2.72 bits per heavy atom. The average molecular weight is 269 g/mol. The van der Waals surface area contributed by atoms with Crippen molar-refractivity contribution in [3.05, 3.63) is 23.8 Å². The van der Waals surface area contributed by atoms with Crippen LogP contribution in [0.3, 0.4) is 0 Å². The van der Waals surface area contributed by atoms with Gasteiger partial charge in [-0.1, -0.05) is 6.92 Å². The minimum absolute atomic E-state index is 0.0451. The molecule has 1 aromatic carbocycles. The molecule has 0 saturated heterocycles. The van der Waals surface area contributed by atoms with Gasteiger partial charge in [-0.3, -0.25) is 0 Å². The molecule has 4 nitrogen and oxygen atoms in total. The van der Waals surface area contributed by atoms with E-state index in [1.807, 2.05) is 13.0 Å². The molecular formula is C13H19NO3S. The second-order valence-corrected chi connectivity index (χ2v) is 5.48. The maximum Gasteiger partial charge on any atom is 0.340 e. The Hall–Kier alpha value is -1.20. The van der Waals surface area contributed by atoms with E-state index in [-0.39, 0.29) is 5.25 Å². The van der Waals surface area contributed by atoms with Crippen LogP contribution >= 0.6 is 11.8 Å².